The summed E-state index contributed by atoms with van der Waals surface area (Å²) < 4.78 is 0. The molecule has 3 aromatic rings. The number of benzene rings is 1. The zero-order valence-corrected chi connectivity index (χ0v) is 25.6. The molecule has 240 valence electrons. The fourth-order valence-corrected chi connectivity index (χ4v) is 6.21. The van der Waals surface area contributed by atoms with Crippen LogP contribution < -0.4 is 16.0 Å². The van der Waals surface area contributed by atoms with Gasteiger partial charge in [-0.25, -0.2) is 4.98 Å². The van der Waals surface area contributed by atoms with Crippen molar-refractivity contribution in [3.63, 3.8) is 0 Å². The smallest absolute Gasteiger partial charge is 0.289 e. The summed E-state index contributed by atoms with van der Waals surface area (Å²) in [5.41, 5.74) is 1.46. The van der Waals surface area contributed by atoms with Gasteiger partial charge in [0.1, 0.15) is 23.8 Å². The second kappa shape index (κ2) is 15.8. The van der Waals surface area contributed by atoms with Gasteiger partial charge >= 0.3 is 0 Å². The fraction of sp³-hybridized carbons (Fsp3) is 0.412. The van der Waals surface area contributed by atoms with Crippen molar-refractivity contribution in [1.29, 1.82) is 0 Å². The maximum Gasteiger partial charge on any atom is 0.289 e. The summed E-state index contributed by atoms with van der Waals surface area (Å²) in [5, 5.41) is 8.29. The minimum Gasteiger partial charge on any atom is -0.344 e. The first kappa shape index (κ1) is 32.4. The second-order valence-electron chi connectivity index (χ2n) is 11.7. The van der Waals surface area contributed by atoms with Gasteiger partial charge in [-0.1, -0.05) is 55.7 Å². The van der Waals surface area contributed by atoms with E-state index in [4.69, 9.17) is 0 Å². The lowest BCUT2D eigenvalue weighted by Gasteiger charge is -2.34. The zero-order valence-electron chi connectivity index (χ0n) is 25.6. The van der Waals surface area contributed by atoms with E-state index in [-0.39, 0.29) is 30.5 Å². The number of rotatable bonds is 12. The number of hydrogen-bond acceptors (Lipinski definition) is 8. The molecule has 0 spiro atoms. The largest absolute Gasteiger partial charge is 0.344 e. The Morgan fingerprint density at radius 2 is 1.61 bits per heavy atom. The Labute approximate surface area is 267 Å². The SMILES string of the molecule is O=C(NCc1ccccn1)C(=O)[C@@H](Cc1ccccc1)NC(=O)[C@@H]1CCCN1C(=O)[C@@H](NC(=O)c1cnccn1)C1CCCCC1. The van der Waals surface area contributed by atoms with Crippen LogP contribution >= 0.6 is 0 Å². The Morgan fingerprint density at radius 3 is 2.33 bits per heavy atom. The summed E-state index contributed by atoms with van der Waals surface area (Å²) in [7, 11) is 0. The molecule has 1 saturated heterocycles. The second-order valence-corrected chi connectivity index (χ2v) is 11.7. The highest BCUT2D eigenvalue weighted by Crippen LogP contribution is 2.29. The molecule has 0 radical (unpaired) electrons. The van der Waals surface area contributed by atoms with E-state index in [1.165, 1.54) is 23.5 Å². The predicted molar refractivity (Wildman–Crippen MR) is 168 cm³/mol. The van der Waals surface area contributed by atoms with Crippen LogP contribution in [0.25, 0.3) is 0 Å². The van der Waals surface area contributed by atoms with Crippen LogP contribution in [0, 0.1) is 5.92 Å². The van der Waals surface area contributed by atoms with E-state index < -0.39 is 41.6 Å². The van der Waals surface area contributed by atoms with Crippen molar-refractivity contribution in [2.45, 2.75) is 76.0 Å². The van der Waals surface area contributed by atoms with Gasteiger partial charge in [0.05, 0.1) is 18.4 Å². The first-order valence-electron chi connectivity index (χ1n) is 15.8. The summed E-state index contributed by atoms with van der Waals surface area (Å²) in [5.74, 6) is -3.05. The fourth-order valence-electron chi connectivity index (χ4n) is 6.21. The van der Waals surface area contributed by atoms with Gasteiger partial charge in [0.15, 0.2) is 0 Å². The summed E-state index contributed by atoms with van der Waals surface area (Å²) in [6.45, 7) is 0.397. The highest BCUT2D eigenvalue weighted by molar-refractivity contribution is 6.38. The minimum absolute atomic E-state index is 0.0607. The number of pyridine rings is 1. The molecule has 0 bridgehead atoms. The Kier molecular flexibility index (Phi) is 11.1. The van der Waals surface area contributed by atoms with Gasteiger partial charge in [0.25, 0.3) is 11.8 Å². The third-order valence-corrected chi connectivity index (χ3v) is 8.60. The number of carbonyl (C=O) groups is 5. The highest BCUT2D eigenvalue weighted by atomic mass is 16.2. The van der Waals surface area contributed by atoms with Crippen molar-refractivity contribution < 1.29 is 24.0 Å². The van der Waals surface area contributed by atoms with E-state index in [1.807, 2.05) is 30.3 Å². The number of Topliss-reactive ketones (excluding diaryl/α,β-unsaturated/α-hetero) is 1. The lowest BCUT2D eigenvalue weighted by Crippen LogP contribution is -2.58. The number of ketones is 1. The van der Waals surface area contributed by atoms with Crippen LogP contribution in [0.2, 0.25) is 0 Å². The molecule has 12 heteroatoms. The molecule has 0 unspecified atom stereocenters. The average molecular weight is 626 g/mol. The van der Waals surface area contributed by atoms with Gasteiger partial charge in [0, 0.05) is 31.6 Å². The van der Waals surface area contributed by atoms with Crippen LogP contribution in [0.3, 0.4) is 0 Å². The Balaban J connectivity index is 1.31. The van der Waals surface area contributed by atoms with Crippen molar-refractivity contribution in [2.24, 2.45) is 5.92 Å². The maximum absolute atomic E-state index is 14.1. The minimum atomic E-state index is -1.15. The number of amides is 4. The van der Waals surface area contributed by atoms with Gasteiger partial charge in [0.2, 0.25) is 17.6 Å². The summed E-state index contributed by atoms with van der Waals surface area (Å²) >= 11 is 0. The Morgan fingerprint density at radius 1 is 0.826 bits per heavy atom. The summed E-state index contributed by atoms with van der Waals surface area (Å²) in [6.07, 6.45) is 11.4. The molecule has 1 aromatic carbocycles. The summed E-state index contributed by atoms with van der Waals surface area (Å²) in [6, 6.07) is 11.5. The van der Waals surface area contributed by atoms with Gasteiger partial charge in [-0.3, -0.25) is 33.9 Å². The summed E-state index contributed by atoms with van der Waals surface area (Å²) in [4.78, 5) is 81.1. The number of carbonyl (C=O) groups excluding carboxylic acids is 5. The molecule has 46 heavy (non-hydrogen) atoms. The maximum atomic E-state index is 14.1. The van der Waals surface area contributed by atoms with Crippen LogP contribution in [0.1, 0.15) is 66.7 Å². The van der Waals surface area contributed by atoms with Gasteiger partial charge in [-0.15, -0.1) is 0 Å². The van der Waals surface area contributed by atoms with Gasteiger partial charge < -0.3 is 20.9 Å². The molecular weight excluding hydrogens is 586 g/mol. The predicted octanol–water partition coefficient (Wildman–Crippen LogP) is 2.15. The lowest BCUT2D eigenvalue weighted by molar-refractivity contribution is -0.143. The molecule has 1 aliphatic heterocycles. The van der Waals surface area contributed by atoms with Crippen molar-refractivity contribution in [1.82, 2.24) is 35.8 Å². The third kappa shape index (κ3) is 8.38. The molecule has 2 fully saturated rings. The van der Waals surface area contributed by atoms with Crippen molar-refractivity contribution >= 4 is 29.4 Å². The van der Waals surface area contributed by atoms with E-state index in [2.05, 4.69) is 30.9 Å². The molecule has 1 saturated carbocycles. The van der Waals surface area contributed by atoms with Crippen LogP contribution in [0.5, 0.6) is 0 Å². The van der Waals surface area contributed by atoms with E-state index in [1.54, 1.807) is 24.4 Å². The molecule has 1 aliphatic carbocycles. The van der Waals surface area contributed by atoms with Crippen molar-refractivity contribution in [3.8, 4) is 0 Å². The zero-order chi connectivity index (χ0) is 32.3. The van der Waals surface area contributed by atoms with Crippen molar-refractivity contribution in [3.05, 3.63) is 90.3 Å². The van der Waals surface area contributed by atoms with Gasteiger partial charge in [-0.2, -0.15) is 0 Å². The van der Waals surface area contributed by atoms with E-state index in [0.717, 1.165) is 37.7 Å². The Hall–Kier alpha value is -5.00. The molecule has 2 aromatic heterocycles. The van der Waals surface area contributed by atoms with Crippen LogP contribution in [-0.2, 0) is 32.1 Å². The number of hydrogen-bond donors (Lipinski definition) is 3. The Bertz CT molecular complexity index is 1500. The standard InChI is InChI=1S/C34H39N7O5/c42-30(33(45)38-21-25-14-7-8-16-36-25)26(20-23-10-3-1-4-11-23)39-32(44)28-15-9-19-41(28)34(46)29(24-12-5-2-6-13-24)40-31(43)27-22-35-17-18-37-27/h1,3-4,7-8,10-11,14,16-18,22,24,26,28-29H,2,5-6,9,12-13,15,19-21H2,(H,38,45)(H,39,44)(H,40,43)/t26-,28+,29+/m1/s1. The highest BCUT2D eigenvalue weighted by Gasteiger charge is 2.42. The van der Waals surface area contributed by atoms with Crippen LogP contribution in [0.4, 0.5) is 0 Å². The van der Waals surface area contributed by atoms with Crippen LogP contribution in [-0.4, -0.2) is 73.9 Å². The molecule has 3 N–H and O–H groups in total. The quantitative estimate of drug-likeness (QED) is 0.258. The average Bonchev–Trinajstić information content (AvgIpc) is 3.61. The number of nitrogens with zero attached hydrogens (tertiary/aromatic N) is 4. The van der Waals surface area contributed by atoms with Gasteiger partial charge in [-0.05, 0) is 49.3 Å². The lowest BCUT2D eigenvalue weighted by atomic mass is 9.83. The van der Waals surface area contributed by atoms with Crippen molar-refractivity contribution in [2.75, 3.05) is 6.54 Å². The normalized spacial score (nSPS) is 17.8. The number of nitrogens with one attached hydrogen (secondary N) is 3. The molecule has 2 aliphatic rings. The molecular formula is C34H39N7O5. The first-order valence-corrected chi connectivity index (χ1v) is 15.8. The first-order chi connectivity index (χ1) is 22.4. The molecule has 3 atom stereocenters. The number of likely N-dealkylation sites (tertiary alicyclic amines) is 1. The van der Waals surface area contributed by atoms with Crippen LogP contribution in [0.15, 0.2) is 73.3 Å². The molecule has 4 amide bonds. The topological polar surface area (TPSA) is 163 Å². The number of aromatic nitrogens is 3. The van der Waals surface area contributed by atoms with E-state index in [0.29, 0.717) is 25.1 Å². The third-order valence-electron chi connectivity index (χ3n) is 8.60. The van der Waals surface area contributed by atoms with E-state index in [9.17, 15) is 24.0 Å². The molecule has 3 heterocycles. The monoisotopic (exact) mass is 625 g/mol. The molecule has 5 rings (SSSR count). The molecule has 12 nitrogen and oxygen atoms in total. The van der Waals surface area contributed by atoms with E-state index >= 15 is 0 Å².